The summed E-state index contributed by atoms with van der Waals surface area (Å²) in [5, 5.41) is 8.14. The highest BCUT2D eigenvalue weighted by Gasteiger charge is 2.22. The largest absolute Gasteiger partial charge is 0.496 e. The van der Waals surface area contributed by atoms with Gasteiger partial charge in [0.25, 0.3) is 5.89 Å². The minimum absolute atomic E-state index is 0.110. The normalized spacial score (nSPS) is 11.8. The molecular formula is C18H14ClFN2O4. The van der Waals surface area contributed by atoms with Gasteiger partial charge in [0, 0.05) is 10.6 Å². The zero-order chi connectivity index (χ0) is 18.7. The molecule has 3 rings (SSSR count). The van der Waals surface area contributed by atoms with Crippen LogP contribution in [0.15, 0.2) is 46.9 Å². The topological polar surface area (TPSA) is 74.5 Å². The van der Waals surface area contributed by atoms with Crippen LogP contribution < -0.4 is 4.74 Å². The van der Waals surface area contributed by atoms with Crippen LogP contribution in [0.25, 0.3) is 11.5 Å². The van der Waals surface area contributed by atoms with Crippen LogP contribution in [-0.2, 0) is 4.74 Å². The summed E-state index contributed by atoms with van der Waals surface area (Å²) < 4.78 is 29.0. The number of benzene rings is 2. The average molecular weight is 377 g/mol. The molecule has 2 aromatic carbocycles. The van der Waals surface area contributed by atoms with Crippen molar-refractivity contribution in [1.29, 1.82) is 0 Å². The maximum absolute atomic E-state index is 13.0. The van der Waals surface area contributed by atoms with Crippen molar-refractivity contribution < 1.29 is 23.1 Å². The molecule has 134 valence electrons. The Bertz CT molecular complexity index is 927. The summed E-state index contributed by atoms with van der Waals surface area (Å²) in [4.78, 5) is 12.4. The number of hydrogen-bond acceptors (Lipinski definition) is 6. The van der Waals surface area contributed by atoms with Gasteiger partial charge in [-0.25, -0.2) is 9.18 Å². The van der Waals surface area contributed by atoms with E-state index in [1.165, 1.54) is 37.4 Å². The SMILES string of the molecule is COc1ccc(Cl)cc1C(=O)O[C@@H](C)c1nnc(-c2ccc(F)cc2)o1. The lowest BCUT2D eigenvalue weighted by molar-refractivity contribution is 0.0276. The summed E-state index contributed by atoms with van der Waals surface area (Å²) in [6, 6.07) is 10.2. The molecular weight excluding hydrogens is 363 g/mol. The van der Waals surface area contributed by atoms with Gasteiger partial charge in [0.1, 0.15) is 17.1 Å². The minimum Gasteiger partial charge on any atom is -0.496 e. The van der Waals surface area contributed by atoms with Gasteiger partial charge in [-0.1, -0.05) is 11.6 Å². The molecule has 8 heteroatoms. The third-order valence-corrected chi connectivity index (χ3v) is 3.78. The monoisotopic (exact) mass is 376 g/mol. The van der Waals surface area contributed by atoms with Crippen molar-refractivity contribution in [2.45, 2.75) is 13.0 Å². The maximum Gasteiger partial charge on any atom is 0.342 e. The molecule has 0 aliphatic heterocycles. The van der Waals surface area contributed by atoms with E-state index in [-0.39, 0.29) is 23.2 Å². The number of aromatic nitrogens is 2. The molecule has 26 heavy (non-hydrogen) atoms. The lowest BCUT2D eigenvalue weighted by Gasteiger charge is -2.12. The van der Waals surface area contributed by atoms with E-state index >= 15 is 0 Å². The summed E-state index contributed by atoms with van der Waals surface area (Å²) in [5.74, 6) is -0.365. The number of carbonyl (C=O) groups excluding carboxylic acids is 1. The molecule has 0 aliphatic rings. The van der Waals surface area contributed by atoms with Gasteiger partial charge in [0.05, 0.1) is 7.11 Å². The van der Waals surface area contributed by atoms with Crippen LogP contribution in [0.4, 0.5) is 4.39 Å². The van der Waals surface area contributed by atoms with Crippen molar-refractivity contribution in [3.63, 3.8) is 0 Å². The van der Waals surface area contributed by atoms with E-state index < -0.39 is 12.1 Å². The molecule has 3 aromatic rings. The summed E-state index contributed by atoms with van der Waals surface area (Å²) in [7, 11) is 1.44. The molecule has 0 spiro atoms. The zero-order valence-electron chi connectivity index (χ0n) is 13.9. The van der Waals surface area contributed by atoms with E-state index in [0.717, 1.165) is 0 Å². The van der Waals surface area contributed by atoms with Crippen LogP contribution in [0.5, 0.6) is 5.75 Å². The Morgan fingerprint density at radius 2 is 1.92 bits per heavy atom. The first-order valence-corrected chi connectivity index (χ1v) is 7.99. The molecule has 1 heterocycles. The fourth-order valence-corrected chi connectivity index (χ4v) is 2.39. The second-order valence-electron chi connectivity index (χ2n) is 5.34. The molecule has 0 amide bonds. The molecule has 0 saturated carbocycles. The van der Waals surface area contributed by atoms with E-state index in [0.29, 0.717) is 16.3 Å². The number of ether oxygens (including phenoxy) is 2. The highest BCUT2D eigenvalue weighted by molar-refractivity contribution is 6.31. The molecule has 0 aliphatic carbocycles. The lowest BCUT2D eigenvalue weighted by Crippen LogP contribution is -2.11. The smallest absolute Gasteiger partial charge is 0.342 e. The molecule has 0 N–H and O–H groups in total. The van der Waals surface area contributed by atoms with E-state index in [1.807, 2.05) is 0 Å². The molecule has 6 nitrogen and oxygen atoms in total. The van der Waals surface area contributed by atoms with Crippen LogP contribution in [0.2, 0.25) is 5.02 Å². The summed E-state index contributed by atoms with van der Waals surface area (Å²) >= 11 is 5.92. The van der Waals surface area contributed by atoms with Crippen molar-refractivity contribution in [2.24, 2.45) is 0 Å². The van der Waals surface area contributed by atoms with Crippen molar-refractivity contribution >= 4 is 17.6 Å². The van der Waals surface area contributed by atoms with Crippen LogP contribution >= 0.6 is 11.6 Å². The van der Waals surface area contributed by atoms with Gasteiger partial charge in [-0.05, 0) is 49.4 Å². The van der Waals surface area contributed by atoms with Gasteiger partial charge in [-0.3, -0.25) is 0 Å². The average Bonchev–Trinajstić information content (AvgIpc) is 3.12. The minimum atomic E-state index is -0.798. The Morgan fingerprint density at radius 3 is 2.62 bits per heavy atom. The Balaban J connectivity index is 1.76. The van der Waals surface area contributed by atoms with Crippen LogP contribution in [0, 0.1) is 5.82 Å². The number of carbonyl (C=O) groups is 1. The fraction of sp³-hybridized carbons (Fsp3) is 0.167. The zero-order valence-corrected chi connectivity index (χ0v) is 14.7. The predicted molar refractivity (Wildman–Crippen MR) is 91.5 cm³/mol. The maximum atomic E-state index is 13.0. The third kappa shape index (κ3) is 3.83. The van der Waals surface area contributed by atoms with E-state index in [9.17, 15) is 9.18 Å². The van der Waals surface area contributed by atoms with Crippen molar-refractivity contribution in [3.8, 4) is 17.2 Å². The Hall–Kier alpha value is -2.93. The molecule has 0 radical (unpaired) electrons. The Kier molecular flexibility index (Phi) is 5.18. The summed E-state index contributed by atoms with van der Waals surface area (Å²) in [6.45, 7) is 1.59. The van der Waals surface area contributed by atoms with E-state index in [2.05, 4.69) is 10.2 Å². The standard InChI is InChI=1S/C18H14ClFN2O4/c1-10(25-18(23)14-9-12(19)5-8-15(14)24-2)16-21-22-17(26-16)11-3-6-13(20)7-4-11/h3-10H,1-2H3/t10-/m0/s1. The van der Waals surface area contributed by atoms with E-state index in [4.69, 9.17) is 25.5 Å². The second-order valence-corrected chi connectivity index (χ2v) is 5.78. The van der Waals surface area contributed by atoms with Crippen molar-refractivity contribution in [3.05, 3.63) is 64.8 Å². The van der Waals surface area contributed by atoms with Gasteiger partial charge in [-0.15, -0.1) is 10.2 Å². The number of halogens is 2. The number of rotatable bonds is 5. The Morgan fingerprint density at radius 1 is 1.19 bits per heavy atom. The van der Waals surface area contributed by atoms with Crippen LogP contribution in [-0.4, -0.2) is 23.3 Å². The van der Waals surface area contributed by atoms with Gasteiger partial charge < -0.3 is 13.9 Å². The molecule has 0 bridgehead atoms. The quantitative estimate of drug-likeness (QED) is 0.612. The highest BCUT2D eigenvalue weighted by atomic mass is 35.5. The number of hydrogen-bond donors (Lipinski definition) is 0. The molecule has 0 saturated heterocycles. The van der Waals surface area contributed by atoms with Gasteiger partial charge in [0.2, 0.25) is 5.89 Å². The lowest BCUT2D eigenvalue weighted by atomic mass is 10.2. The highest BCUT2D eigenvalue weighted by Crippen LogP contribution is 2.27. The first kappa shape index (κ1) is 17.9. The summed E-state index contributed by atoms with van der Waals surface area (Å²) in [5.41, 5.74) is 0.741. The van der Waals surface area contributed by atoms with E-state index in [1.54, 1.807) is 19.1 Å². The first-order valence-electron chi connectivity index (χ1n) is 7.62. The van der Waals surface area contributed by atoms with Crippen molar-refractivity contribution in [2.75, 3.05) is 7.11 Å². The number of methoxy groups -OCH3 is 1. The number of nitrogens with zero attached hydrogens (tertiary/aromatic N) is 2. The molecule has 1 aromatic heterocycles. The Labute approximate surface area is 153 Å². The van der Waals surface area contributed by atoms with Gasteiger partial charge >= 0.3 is 5.97 Å². The molecule has 0 fully saturated rings. The second kappa shape index (κ2) is 7.53. The van der Waals surface area contributed by atoms with Crippen LogP contribution in [0.3, 0.4) is 0 Å². The van der Waals surface area contributed by atoms with Gasteiger partial charge in [0.15, 0.2) is 6.10 Å². The summed E-state index contributed by atoms with van der Waals surface area (Å²) in [6.07, 6.45) is -0.798. The van der Waals surface area contributed by atoms with Crippen LogP contribution in [0.1, 0.15) is 29.3 Å². The molecule has 1 atom stereocenters. The fourth-order valence-electron chi connectivity index (χ4n) is 2.22. The van der Waals surface area contributed by atoms with Gasteiger partial charge in [-0.2, -0.15) is 0 Å². The predicted octanol–water partition coefficient (Wildman–Crippen LogP) is 4.46. The molecule has 0 unspecified atom stereocenters. The first-order chi connectivity index (χ1) is 12.5. The third-order valence-electron chi connectivity index (χ3n) is 3.54. The number of esters is 1. The van der Waals surface area contributed by atoms with Crippen molar-refractivity contribution in [1.82, 2.24) is 10.2 Å².